The van der Waals surface area contributed by atoms with E-state index in [-0.39, 0.29) is 18.9 Å². The third-order valence-electron chi connectivity index (χ3n) is 1.74. The van der Waals surface area contributed by atoms with Gasteiger partial charge in [0.25, 0.3) is 0 Å². The van der Waals surface area contributed by atoms with Gasteiger partial charge in [0.2, 0.25) is 0 Å². The number of amides is 1. The van der Waals surface area contributed by atoms with Crippen LogP contribution in [0.2, 0.25) is 0 Å². The van der Waals surface area contributed by atoms with Crippen LogP contribution in [0.4, 0.5) is 4.79 Å². The maximum absolute atomic E-state index is 11.5. The molecule has 0 radical (unpaired) electrons. The summed E-state index contributed by atoms with van der Waals surface area (Å²) in [5.74, 6) is -0.186. The van der Waals surface area contributed by atoms with Crippen LogP contribution in [-0.2, 0) is 9.78 Å². The van der Waals surface area contributed by atoms with E-state index in [4.69, 9.17) is 0 Å². The molecule has 5 heteroatoms. The molecule has 0 unspecified atom stereocenters. The lowest BCUT2D eigenvalue weighted by molar-refractivity contribution is -0.234. The summed E-state index contributed by atoms with van der Waals surface area (Å²) in [4.78, 5) is 31.1. The van der Waals surface area contributed by atoms with Crippen LogP contribution in [-0.4, -0.2) is 25.0 Å². The minimum atomic E-state index is -0.772. The monoisotopic (exact) mass is 223 g/mol. The second-order valence-corrected chi connectivity index (χ2v) is 2.92. The SMILES string of the molecule is CCOOC(=O)NCC(=O)c1ccccc1. The second-order valence-electron chi connectivity index (χ2n) is 2.92. The average Bonchev–Trinajstić information content (AvgIpc) is 2.34. The topological polar surface area (TPSA) is 64.6 Å². The Labute approximate surface area is 93.3 Å². The zero-order chi connectivity index (χ0) is 11.8. The summed E-state index contributed by atoms with van der Waals surface area (Å²) in [5.41, 5.74) is 0.541. The molecule has 0 saturated heterocycles. The summed E-state index contributed by atoms with van der Waals surface area (Å²) in [6.45, 7) is 1.83. The number of hydrogen-bond acceptors (Lipinski definition) is 4. The lowest BCUT2D eigenvalue weighted by Crippen LogP contribution is -2.30. The molecule has 0 aliphatic rings. The van der Waals surface area contributed by atoms with Crippen molar-refractivity contribution in [3.63, 3.8) is 0 Å². The van der Waals surface area contributed by atoms with Gasteiger partial charge in [-0.1, -0.05) is 30.3 Å². The number of carbonyl (C=O) groups is 2. The molecule has 0 saturated carbocycles. The first kappa shape index (κ1) is 12.2. The van der Waals surface area contributed by atoms with Crippen molar-refractivity contribution >= 4 is 11.9 Å². The van der Waals surface area contributed by atoms with Crippen LogP contribution in [0.5, 0.6) is 0 Å². The fraction of sp³-hybridized carbons (Fsp3) is 0.273. The minimum absolute atomic E-state index is 0.115. The molecule has 0 bridgehead atoms. The molecule has 1 N–H and O–H groups in total. The molecule has 1 rings (SSSR count). The highest BCUT2D eigenvalue weighted by Gasteiger charge is 2.08. The Bertz CT molecular complexity index is 350. The standard InChI is InChI=1S/C11H13NO4/c1-2-15-16-11(14)12-8-10(13)9-6-4-3-5-7-9/h3-7H,2,8H2,1H3,(H,12,14). The van der Waals surface area contributed by atoms with Crippen LogP contribution in [0.1, 0.15) is 17.3 Å². The van der Waals surface area contributed by atoms with E-state index in [0.29, 0.717) is 5.56 Å². The number of ketones is 1. The molecule has 0 atom stereocenters. The van der Waals surface area contributed by atoms with Gasteiger partial charge in [0.05, 0.1) is 13.2 Å². The summed E-state index contributed by atoms with van der Waals surface area (Å²) in [6, 6.07) is 8.68. The quantitative estimate of drug-likeness (QED) is 0.467. The van der Waals surface area contributed by atoms with E-state index < -0.39 is 6.09 Å². The van der Waals surface area contributed by atoms with Gasteiger partial charge in [-0.15, -0.1) is 0 Å². The summed E-state index contributed by atoms with van der Waals surface area (Å²) in [6.07, 6.45) is -0.772. The molecule has 86 valence electrons. The predicted molar refractivity (Wildman–Crippen MR) is 56.9 cm³/mol. The van der Waals surface area contributed by atoms with Crippen LogP contribution in [0.3, 0.4) is 0 Å². The highest BCUT2D eigenvalue weighted by atomic mass is 17.2. The van der Waals surface area contributed by atoms with E-state index in [1.807, 2.05) is 6.07 Å². The lowest BCUT2D eigenvalue weighted by Gasteiger charge is -2.03. The van der Waals surface area contributed by atoms with Gasteiger partial charge in [-0.05, 0) is 6.92 Å². The molecule has 16 heavy (non-hydrogen) atoms. The number of nitrogens with one attached hydrogen (secondary N) is 1. The molecule has 0 spiro atoms. The highest BCUT2D eigenvalue weighted by Crippen LogP contribution is 1.98. The van der Waals surface area contributed by atoms with E-state index in [1.165, 1.54) is 0 Å². The second kappa shape index (κ2) is 6.58. The molecule has 1 aromatic carbocycles. The molecule has 0 aromatic heterocycles. The number of benzene rings is 1. The van der Waals surface area contributed by atoms with Crippen molar-refractivity contribution in [1.29, 1.82) is 0 Å². The van der Waals surface area contributed by atoms with Crippen LogP contribution in [0.25, 0.3) is 0 Å². The summed E-state index contributed by atoms with van der Waals surface area (Å²) in [5, 5.41) is 2.28. The Kier molecular flexibility index (Phi) is 5.01. The molecule has 1 amide bonds. The van der Waals surface area contributed by atoms with E-state index in [2.05, 4.69) is 15.1 Å². The molecular weight excluding hydrogens is 210 g/mol. The molecule has 1 aromatic rings. The highest BCUT2D eigenvalue weighted by molar-refractivity contribution is 5.98. The summed E-state index contributed by atoms with van der Waals surface area (Å²) < 4.78 is 0. The van der Waals surface area contributed by atoms with Crippen molar-refractivity contribution in [2.24, 2.45) is 0 Å². The predicted octanol–water partition coefficient (Wildman–Crippen LogP) is 1.55. The van der Waals surface area contributed by atoms with Crippen LogP contribution >= 0.6 is 0 Å². The maximum Gasteiger partial charge on any atom is 0.439 e. The van der Waals surface area contributed by atoms with Crippen LogP contribution in [0.15, 0.2) is 30.3 Å². The van der Waals surface area contributed by atoms with Crippen molar-refractivity contribution in [2.45, 2.75) is 6.92 Å². The number of hydrogen-bond donors (Lipinski definition) is 1. The van der Waals surface area contributed by atoms with E-state index >= 15 is 0 Å². The van der Waals surface area contributed by atoms with Crippen LogP contribution < -0.4 is 5.32 Å². The van der Waals surface area contributed by atoms with Crippen molar-refractivity contribution in [3.8, 4) is 0 Å². The first-order chi connectivity index (χ1) is 7.74. The van der Waals surface area contributed by atoms with Crippen molar-refractivity contribution in [3.05, 3.63) is 35.9 Å². The normalized spacial score (nSPS) is 9.56. The first-order valence-electron chi connectivity index (χ1n) is 4.89. The van der Waals surface area contributed by atoms with Crippen molar-refractivity contribution in [2.75, 3.05) is 13.2 Å². The third kappa shape index (κ3) is 4.10. The largest absolute Gasteiger partial charge is 0.439 e. The fourth-order valence-electron chi connectivity index (χ4n) is 1.02. The van der Waals surface area contributed by atoms with Gasteiger partial charge in [0.15, 0.2) is 5.78 Å². The van der Waals surface area contributed by atoms with Crippen molar-refractivity contribution in [1.82, 2.24) is 5.32 Å². The average molecular weight is 223 g/mol. The smallest absolute Gasteiger partial charge is 0.312 e. The Morgan fingerprint density at radius 2 is 1.94 bits per heavy atom. The zero-order valence-corrected chi connectivity index (χ0v) is 8.93. The number of carbonyl (C=O) groups excluding carboxylic acids is 2. The van der Waals surface area contributed by atoms with E-state index in [0.717, 1.165) is 0 Å². The van der Waals surface area contributed by atoms with Crippen LogP contribution in [0, 0.1) is 0 Å². The Hall–Kier alpha value is -1.88. The van der Waals surface area contributed by atoms with Gasteiger partial charge < -0.3 is 5.32 Å². The fourth-order valence-corrected chi connectivity index (χ4v) is 1.02. The summed E-state index contributed by atoms with van der Waals surface area (Å²) >= 11 is 0. The molecule has 5 nitrogen and oxygen atoms in total. The molecule has 0 heterocycles. The van der Waals surface area contributed by atoms with Gasteiger partial charge in [0, 0.05) is 5.56 Å². The number of rotatable bonds is 5. The van der Waals surface area contributed by atoms with Gasteiger partial charge in [-0.3, -0.25) is 9.68 Å². The Balaban J connectivity index is 2.33. The third-order valence-corrected chi connectivity index (χ3v) is 1.74. The van der Waals surface area contributed by atoms with Crippen molar-refractivity contribution < 1.29 is 19.4 Å². The van der Waals surface area contributed by atoms with Gasteiger partial charge >= 0.3 is 6.09 Å². The Morgan fingerprint density at radius 3 is 2.56 bits per heavy atom. The van der Waals surface area contributed by atoms with Gasteiger partial charge in [0.1, 0.15) is 0 Å². The minimum Gasteiger partial charge on any atom is -0.312 e. The lowest BCUT2D eigenvalue weighted by atomic mass is 10.1. The van der Waals surface area contributed by atoms with E-state index in [9.17, 15) is 9.59 Å². The van der Waals surface area contributed by atoms with Gasteiger partial charge in [-0.25, -0.2) is 4.79 Å². The molecule has 0 fully saturated rings. The molecule has 0 aliphatic heterocycles. The molecular formula is C11H13NO4. The van der Waals surface area contributed by atoms with Gasteiger partial charge in [-0.2, -0.15) is 4.89 Å². The maximum atomic E-state index is 11.5. The Morgan fingerprint density at radius 1 is 1.25 bits per heavy atom. The summed E-state index contributed by atoms with van der Waals surface area (Å²) in [7, 11) is 0. The van der Waals surface area contributed by atoms with E-state index in [1.54, 1.807) is 31.2 Å². The molecule has 0 aliphatic carbocycles. The zero-order valence-electron chi connectivity index (χ0n) is 8.93. The number of Topliss-reactive ketones (excluding diaryl/α,β-unsaturated/α-hetero) is 1. The first-order valence-corrected chi connectivity index (χ1v) is 4.89.